The molecule has 1 saturated heterocycles. The van der Waals surface area contributed by atoms with Crippen LogP contribution in [0.5, 0.6) is 0 Å². The van der Waals surface area contributed by atoms with Crippen molar-refractivity contribution >= 4 is 0 Å². The molecule has 1 aliphatic heterocycles. The first-order valence-corrected chi connectivity index (χ1v) is 5.07. The maximum Gasteiger partial charge on any atom is 0.106 e. The third kappa shape index (κ3) is 1.61. The normalized spacial score (nSPS) is 22.5. The lowest BCUT2D eigenvalue weighted by molar-refractivity contribution is 0.731. The molecule has 2 N–H and O–H groups in total. The molecule has 0 aliphatic carbocycles. The fraction of sp³-hybridized carbons (Fsp3) is 0.700. The highest BCUT2D eigenvalue weighted by molar-refractivity contribution is 5.19. The van der Waals surface area contributed by atoms with Crippen molar-refractivity contribution in [1.82, 2.24) is 15.3 Å². The molecule has 0 radical (unpaired) electrons. The maximum atomic E-state index is 4.61. The highest BCUT2D eigenvalue weighted by Crippen LogP contribution is 2.23. The van der Waals surface area contributed by atoms with Gasteiger partial charge < -0.3 is 10.3 Å². The Kier molecular flexibility index (Phi) is 2.36. The molecule has 72 valence electrons. The van der Waals surface area contributed by atoms with E-state index in [4.69, 9.17) is 0 Å². The summed E-state index contributed by atoms with van der Waals surface area (Å²) in [6, 6.07) is 0. The number of hydrogen-bond acceptors (Lipinski definition) is 2. The van der Waals surface area contributed by atoms with Crippen LogP contribution < -0.4 is 5.32 Å². The van der Waals surface area contributed by atoms with E-state index in [0.29, 0.717) is 5.92 Å². The largest absolute Gasteiger partial charge is 0.346 e. The molecule has 2 rings (SSSR count). The highest BCUT2D eigenvalue weighted by atomic mass is 15.0. The Bertz CT molecular complexity index is 284. The first-order valence-electron chi connectivity index (χ1n) is 5.07. The average Bonchev–Trinajstić information content (AvgIpc) is 2.72. The van der Waals surface area contributed by atoms with Gasteiger partial charge in [-0.2, -0.15) is 0 Å². The summed E-state index contributed by atoms with van der Waals surface area (Å²) in [7, 11) is 0. The molecule has 13 heavy (non-hydrogen) atoms. The van der Waals surface area contributed by atoms with Crippen LogP contribution in [0.1, 0.15) is 36.5 Å². The number of H-pyrrole nitrogens is 1. The minimum absolute atomic E-state index is 0.636. The molecule has 1 atom stereocenters. The van der Waals surface area contributed by atoms with Gasteiger partial charge in [0.1, 0.15) is 5.82 Å². The molecule has 0 bridgehead atoms. The number of imidazole rings is 1. The van der Waals surface area contributed by atoms with E-state index >= 15 is 0 Å². The highest BCUT2D eigenvalue weighted by Gasteiger charge is 2.21. The Hall–Kier alpha value is -0.830. The van der Waals surface area contributed by atoms with Gasteiger partial charge in [0.05, 0.1) is 5.69 Å². The Labute approximate surface area is 79.0 Å². The zero-order valence-corrected chi connectivity index (χ0v) is 8.35. The number of nitrogens with one attached hydrogen (secondary N) is 2. The summed E-state index contributed by atoms with van der Waals surface area (Å²) in [4.78, 5) is 7.95. The van der Waals surface area contributed by atoms with Crippen molar-refractivity contribution in [3.8, 4) is 0 Å². The Balaban J connectivity index is 2.22. The molecule has 3 heteroatoms. The monoisotopic (exact) mass is 179 g/mol. The molecule has 1 aromatic rings. The first kappa shape index (κ1) is 8.75. The molecule has 1 unspecified atom stereocenters. The quantitative estimate of drug-likeness (QED) is 0.719. The molecule has 0 saturated carbocycles. The Morgan fingerprint density at radius 3 is 2.92 bits per heavy atom. The summed E-state index contributed by atoms with van der Waals surface area (Å²) in [5.41, 5.74) is 2.53. The third-order valence-corrected chi connectivity index (χ3v) is 2.75. The van der Waals surface area contributed by atoms with Gasteiger partial charge in [-0.3, -0.25) is 0 Å². The minimum atomic E-state index is 0.636. The van der Waals surface area contributed by atoms with Crippen molar-refractivity contribution < 1.29 is 0 Å². The summed E-state index contributed by atoms with van der Waals surface area (Å²) in [5.74, 6) is 1.76. The second-order valence-corrected chi connectivity index (χ2v) is 3.74. The first-order chi connectivity index (χ1) is 6.31. The number of aryl methyl sites for hydroxylation is 2. The van der Waals surface area contributed by atoms with Crippen molar-refractivity contribution in [2.75, 3.05) is 13.1 Å². The number of aromatic nitrogens is 2. The van der Waals surface area contributed by atoms with Crippen LogP contribution in [0.4, 0.5) is 0 Å². The molecule has 1 aromatic heterocycles. The van der Waals surface area contributed by atoms with E-state index in [1.165, 1.54) is 17.8 Å². The van der Waals surface area contributed by atoms with Crippen LogP contribution >= 0.6 is 0 Å². The van der Waals surface area contributed by atoms with Gasteiger partial charge in [0.25, 0.3) is 0 Å². The predicted molar refractivity (Wildman–Crippen MR) is 52.9 cm³/mol. The molecular formula is C10H17N3. The molecule has 0 amide bonds. The molecule has 0 spiro atoms. The van der Waals surface area contributed by atoms with E-state index in [0.717, 1.165) is 25.3 Å². The van der Waals surface area contributed by atoms with Crippen molar-refractivity contribution in [3.05, 3.63) is 17.2 Å². The number of nitrogens with zero attached hydrogens (tertiary/aromatic N) is 1. The zero-order valence-electron chi connectivity index (χ0n) is 8.35. The summed E-state index contributed by atoms with van der Waals surface area (Å²) in [6.45, 7) is 6.49. The molecule has 1 fully saturated rings. The topological polar surface area (TPSA) is 40.7 Å². The van der Waals surface area contributed by atoms with E-state index in [1.807, 2.05) is 0 Å². The number of rotatable bonds is 2. The standard InChI is InChI=1S/C10H17N3/c1-3-9-12-7(2)10(13-9)8-4-5-11-6-8/h8,11H,3-6H2,1-2H3,(H,12,13). The van der Waals surface area contributed by atoms with Crippen LogP contribution in [-0.4, -0.2) is 23.1 Å². The van der Waals surface area contributed by atoms with Gasteiger partial charge in [-0.15, -0.1) is 0 Å². The molecule has 1 aliphatic rings. The average molecular weight is 179 g/mol. The number of aromatic amines is 1. The second-order valence-electron chi connectivity index (χ2n) is 3.74. The third-order valence-electron chi connectivity index (χ3n) is 2.75. The summed E-state index contributed by atoms with van der Waals surface area (Å²) in [6.07, 6.45) is 2.23. The molecule has 2 heterocycles. The van der Waals surface area contributed by atoms with Crippen molar-refractivity contribution in [2.45, 2.75) is 32.6 Å². The lowest BCUT2D eigenvalue weighted by Gasteiger charge is -2.04. The SMILES string of the molecule is CCc1nc(C2CCNC2)c(C)[nH]1. The Morgan fingerprint density at radius 2 is 2.38 bits per heavy atom. The molecule has 3 nitrogen and oxygen atoms in total. The lowest BCUT2D eigenvalue weighted by Crippen LogP contribution is -2.08. The van der Waals surface area contributed by atoms with Crippen LogP contribution in [0.25, 0.3) is 0 Å². The van der Waals surface area contributed by atoms with Gasteiger partial charge >= 0.3 is 0 Å². The lowest BCUT2D eigenvalue weighted by atomic mass is 10.0. The van der Waals surface area contributed by atoms with E-state index in [2.05, 4.69) is 29.1 Å². The van der Waals surface area contributed by atoms with Crippen molar-refractivity contribution in [2.24, 2.45) is 0 Å². The summed E-state index contributed by atoms with van der Waals surface area (Å²) < 4.78 is 0. The maximum absolute atomic E-state index is 4.61. The van der Waals surface area contributed by atoms with Crippen LogP contribution in [0.3, 0.4) is 0 Å². The fourth-order valence-corrected chi connectivity index (χ4v) is 1.99. The van der Waals surface area contributed by atoms with Crippen molar-refractivity contribution in [3.63, 3.8) is 0 Å². The van der Waals surface area contributed by atoms with Crippen molar-refractivity contribution in [1.29, 1.82) is 0 Å². The van der Waals surface area contributed by atoms with Gasteiger partial charge in [-0.25, -0.2) is 4.98 Å². The fourth-order valence-electron chi connectivity index (χ4n) is 1.99. The van der Waals surface area contributed by atoms with Gasteiger partial charge in [-0.05, 0) is 19.9 Å². The van der Waals surface area contributed by atoms with Crippen LogP contribution in [0.15, 0.2) is 0 Å². The summed E-state index contributed by atoms with van der Waals surface area (Å²) in [5, 5.41) is 3.37. The second kappa shape index (κ2) is 3.50. The van der Waals surface area contributed by atoms with Crippen LogP contribution in [0.2, 0.25) is 0 Å². The molecular weight excluding hydrogens is 162 g/mol. The minimum Gasteiger partial charge on any atom is -0.346 e. The molecule has 0 aromatic carbocycles. The van der Waals surface area contributed by atoms with Gasteiger partial charge in [0.2, 0.25) is 0 Å². The van der Waals surface area contributed by atoms with E-state index in [-0.39, 0.29) is 0 Å². The van der Waals surface area contributed by atoms with E-state index in [1.54, 1.807) is 0 Å². The smallest absolute Gasteiger partial charge is 0.106 e. The van der Waals surface area contributed by atoms with Gasteiger partial charge in [0.15, 0.2) is 0 Å². The summed E-state index contributed by atoms with van der Waals surface area (Å²) >= 11 is 0. The van der Waals surface area contributed by atoms with E-state index < -0.39 is 0 Å². The predicted octanol–water partition coefficient (Wildman–Crippen LogP) is 1.36. The van der Waals surface area contributed by atoms with Crippen LogP contribution in [0, 0.1) is 6.92 Å². The number of hydrogen-bond donors (Lipinski definition) is 2. The zero-order chi connectivity index (χ0) is 9.26. The Morgan fingerprint density at radius 1 is 1.54 bits per heavy atom. The van der Waals surface area contributed by atoms with Crippen LogP contribution in [-0.2, 0) is 6.42 Å². The van der Waals surface area contributed by atoms with E-state index in [9.17, 15) is 0 Å². The van der Waals surface area contributed by atoms with Gasteiger partial charge in [-0.1, -0.05) is 6.92 Å². The van der Waals surface area contributed by atoms with Gasteiger partial charge in [0, 0.05) is 24.6 Å².